The van der Waals surface area contributed by atoms with Crippen molar-refractivity contribution in [3.63, 3.8) is 0 Å². The molecule has 0 unspecified atom stereocenters. The van der Waals surface area contributed by atoms with E-state index in [-0.39, 0.29) is 10.8 Å². The smallest absolute Gasteiger partial charge is 0.123 e. The van der Waals surface area contributed by atoms with Crippen molar-refractivity contribution in [3.05, 3.63) is 77.9 Å². The Balaban J connectivity index is 1.91. The van der Waals surface area contributed by atoms with E-state index in [1.165, 1.54) is 0 Å². The molecule has 1 aromatic heterocycles. The summed E-state index contributed by atoms with van der Waals surface area (Å²) < 4.78 is 0. The second-order valence-electron chi connectivity index (χ2n) is 11.0. The van der Waals surface area contributed by atoms with Crippen LogP contribution in [0.1, 0.15) is 52.7 Å². The van der Waals surface area contributed by atoms with E-state index in [1.54, 1.807) is 0 Å². The third-order valence-corrected chi connectivity index (χ3v) is 6.39. The average molecular weight is 435 g/mol. The molecule has 4 aromatic carbocycles. The van der Waals surface area contributed by atoms with Gasteiger partial charge in [0, 0.05) is 16.5 Å². The predicted molar refractivity (Wildman–Crippen MR) is 139 cm³/mol. The summed E-state index contributed by atoms with van der Waals surface area (Å²) in [4.78, 5) is 9.93. The van der Waals surface area contributed by atoms with Gasteiger partial charge in [-0.15, -0.1) is 0 Å². The van der Waals surface area contributed by atoms with Gasteiger partial charge in [-0.2, -0.15) is 0 Å². The molecular weight excluding hydrogens is 404 g/mol. The van der Waals surface area contributed by atoms with Crippen molar-refractivity contribution in [1.29, 1.82) is 0 Å². The van der Waals surface area contributed by atoms with Crippen molar-refractivity contribution >= 4 is 32.8 Å². The van der Waals surface area contributed by atoms with Crippen LogP contribution in [0.4, 0.5) is 0 Å². The van der Waals surface area contributed by atoms with Gasteiger partial charge in [0.15, 0.2) is 0 Å². The molecule has 3 nitrogen and oxygen atoms in total. The number of nitrogens with zero attached hydrogens (tertiary/aromatic N) is 2. The van der Waals surface area contributed by atoms with E-state index >= 15 is 0 Å². The van der Waals surface area contributed by atoms with Gasteiger partial charge in [-0.3, -0.25) is 0 Å². The SMILES string of the molecule is CC(C)(C)c1cc(-c2cc3nc4ccccc4nc3c3ccccc23)cc(C(C)(C)C)c1O. The second-order valence-corrected chi connectivity index (χ2v) is 11.0. The van der Waals surface area contributed by atoms with Gasteiger partial charge in [-0.25, -0.2) is 9.97 Å². The summed E-state index contributed by atoms with van der Waals surface area (Å²) in [7, 11) is 0. The largest absolute Gasteiger partial charge is 0.507 e. The number of fused-ring (bicyclic) bond motifs is 4. The van der Waals surface area contributed by atoms with E-state index in [2.05, 4.69) is 84.0 Å². The highest BCUT2D eigenvalue weighted by atomic mass is 16.3. The first-order chi connectivity index (χ1) is 15.5. The zero-order chi connectivity index (χ0) is 23.5. The van der Waals surface area contributed by atoms with E-state index in [0.29, 0.717) is 5.75 Å². The van der Waals surface area contributed by atoms with Gasteiger partial charge < -0.3 is 5.11 Å². The Kier molecular flexibility index (Phi) is 4.72. The van der Waals surface area contributed by atoms with E-state index in [0.717, 1.165) is 55.1 Å². The van der Waals surface area contributed by atoms with Crippen molar-refractivity contribution in [2.24, 2.45) is 0 Å². The van der Waals surface area contributed by atoms with E-state index in [4.69, 9.17) is 9.97 Å². The molecule has 33 heavy (non-hydrogen) atoms. The Hall–Kier alpha value is -3.46. The molecule has 1 N–H and O–H groups in total. The number of hydrogen-bond donors (Lipinski definition) is 1. The molecule has 0 saturated heterocycles. The van der Waals surface area contributed by atoms with Crippen LogP contribution in [-0.2, 0) is 10.8 Å². The second kappa shape index (κ2) is 7.28. The molecule has 0 atom stereocenters. The highest BCUT2D eigenvalue weighted by Crippen LogP contribution is 2.44. The average Bonchev–Trinajstić information content (AvgIpc) is 2.76. The number of hydrogen-bond acceptors (Lipinski definition) is 3. The zero-order valence-electron chi connectivity index (χ0n) is 20.2. The van der Waals surface area contributed by atoms with Crippen molar-refractivity contribution < 1.29 is 5.11 Å². The number of phenolic OH excluding ortho intramolecular Hbond substituents is 1. The number of rotatable bonds is 1. The van der Waals surface area contributed by atoms with Crippen molar-refractivity contribution in [2.45, 2.75) is 52.4 Å². The lowest BCUT2D eigenvalue weighted by Gasteiger charge is -2.28. The van der Waals surface area contributed by atoms with Gasteiger partial charge in [0.25, 0.3) is 0 Å². The van der Waals surface area contributed by atoms with Crippen LogP contribution >= 0.6 is 0 Å². The fraction of sp³-hybridized carbons (Fsp3) is 0.267. The van der Waals surface area contributed by atoms with Crippen LogP contribution in [0, 0.1) is 0 Å². The maximum atomic E-state index is 11.2. The summed E-state index contributed by atoms with van der Waals surface area (Å²) in [5.41, 5.74) is 7.32. The summed E-state index contributed by atoms with van der Waals surface area (Å²) in [5.74, 6) is 0.398. The van der Waals surface area contributed by atoms with Crippen LogP contribution in [0.5, 0.6) is 5.75 Å². The molecule has 0 fully saturated rings. The molecule has 1 heterocycles. The molecule has 0 spiro atoms. The normalized spacial score (nSPS) is 12.7. The Labute approximate surface area is 195 Å². The van der Waals surface area contributed by atoms with Gasteiger partial charge in [-0.1, -0.05) is 77.9 Å². The minimum Gasteiger partial charge on any atom is -0.507 e. The zero-order valence-corrected chi connectivity index (χ0v) is 20.2. The van der Waals surface area contributed by atoms with Gasteiger partial charge in [-0.05, 0) is 57.7 Å². The topological polar surface area (TPSA) is 46.0 Å². The number of phenols is 1. The van der Waals surface area contributed by atoms with E-state index in [1.807, 2.05) is 24.3 Å². The van der Waals surface area contributed by atoms with Crippen LogP contribution in [-0.4, -0.2) is 15.1 Å². The van der Waals surface area contributed by atoms with E-state index in [9.17, 15) is 5.11 Å². The number of para-hydroxylation sites is 2. The summed E-state index contributed by atoms with van der Waals surface area (Å²) in [6, 6.07) is 22.9. The van der Waals surface area contributed by atoms with Crippen LogP contribution in [0.2, 0.25) is 0 Å². The van der Waals surface area contributed by atoms with Crippen molar-refractivity contribution in [2.75, 3.05) is 0 Å². The Morgan fingerprint density at radius 2 is 1.12 bits per heavy atom. The summed E-state index contributed by atoms with van der Waals surface area (Å²) >= 11 is 0. The van der Waals surface area contributed by atoms with Crippen LogP contribution < -0.4 is 0 Å². The van der Waals surface area contributed by atoms with Gasteiger partial charge in [0.05, 0.1) is 22.1 Å². The lowest BCUT2D eigenvalue weighted by atomic mass is 9.77. The van der Waals surface area contributed by atoms with Crippen molar-refractivity contribution in [1.82, 2.24) is 9.97 Å². The summed E-state index contributed by atoms with van der Waals surface area (Å²) in [6.45, 7) is 12.9. The number of aromatic nitrogens is 2. The first kappa shape index (κ1) is 21.4. The quantitative estimate of drug-likeness (QED) is 0.215. The lowest BCUT2D eigenvalue weighted by Crippen LogP contribution is -2.17. The summed E-state index contributed by atoms with van der Waals surface area (Å²) in [5, 5.41) is 13.4. The number of aromatic hydroxyl groups is 1. The molecular formula is C30H30N2O. The first-order valence-electron chi connectivity index (χ1n) is 11.5. The molecule has 0 aliphatic rings. The van der Waals surface area contributed by atoms with Gasteiger partial charge in [0.2, 0.25) is 0 Å². The van der Waals surface area contributed by atoms with Crippen LogP contribution in [0.3, 0.4) is 0 Å². The monoisotopic (exact) mass is 434 g/mol. The minimum absolute atomic E-state index is 0.192. The fourth-order valence-electron chi connectivity index (χ4n) is 4.62. The maximum absolute atomic E-state index is 11.2. The molecule has 0 amide bonds. The highest BCUT2D eigenvalue weighted by molar-refractivity contribution is 6.12. The molecule has 0 aliphatic carbocycles. The molecule has 5 rings (SSSR count). The number of benzene rings is 4. The lowest BCUT2D eigenvalue weighted by molar-refractivity contribution is 0.423. The minimum atomic E-state index is -0.192. The third kappa shape index (κ3) is 3.62. The highest BCUT2D eigenvalue weighted by Gasteiger charge is 2.27. The van der Waals surface area contributed by atoms with Gasteiger partial charge in [0.1, 0.15) is 5.75 Å². The molecule has 0 aliphatic heterocycles. The third-order valence-electron chi connectivity index (χ3n) is 6.39. The molecule has 0 saturated carbocycles. The fourth-order valence-corrected chi connectivity index (χ4v) is 4.62. The summed E-state index contributed by atoms with van der Waals surface area (Å²) in [6.07, 6.45) is 0. The molecule has 3 heteroatoms. The Morgan fingerprint density at radius 1 is 0.606 bits per heavy atom. The molecule has 5 aromatic rings. The molecule has 166 valence electrons. The van der Waals surface area contributed by atoms with Crippen LogP contribution in [0.15, 0.2) is 66.7 Å². The maximum Gasteiger partial charge on any atom is 0.123 e. The van der Waals surface area contributed by atoms with Crippen LogP contribution in [0.25, 0.3) is 44.0 Å². The standard InChI is InChI=1S/C30H30N2O/c1-29(2,3)22-15-18(16-23(28(22)33)30(4,5)6)21-17-26-27(20-12-8-7-11-19(20)21)32-25-14-10-9-13-24(25)31-26/h7-17,33H,1-6H3. The Bertz CT molecular complexity index is 1500. The Morgan fingerprint density at radius 3 is 1.70 bits per heavy atom. The first-order valence-corrected chi connectivity index (χ1v) is 11.5. The molecule has 0 radical (unpaired) electrons. The molecule has 0 bridgehead atoms. The van der Waals surface area contributed by atoms with Gasteiger partial charge >= 0.3 is 0 Å². The van der Waals surface area contributed by atoms with E-state index < -0.39 is 0 Å². The van der Waals surface area contributed by atoms with Crippen molar-refractivity contribution in [3.8, 4) is 16.9 Å². The predicted octanol–water partition coefficient (Wildman–Crippen LogP) is 7.90.